The van der Waals surface area contributed by atoms with Gasteiger partial charge in [-0.3, -0.25) is 18.9 Å². The smallest absolute Gasteiger partial charge is 0.386 e. The Kier molecular flexibility index (Phi) is 7.80. The molecule has 33 heavy (non-hydrogen) atoms. The number of halogens is 1. The number of terminal acetylenes is 1. The van der Waals surface area contributed by atoms with Gasteiger partial charge in [0.25, 0.3) is 5.56 Å². The van der Waals surface area contributed by atoms with Gasteiger partial charge in [0.05, 0.1) is 6.10 Å². The van der Waals surface area contributed by atoms with Gasteiger partial charge in [-0.2, -0.15) is 8.62 Å². The zero-order valence-electron chi connectivity index (χ0n) is 16.5. The number of H-pyrrole nitrogens is 1. The summed E-state index contributed by atoms with van der Waals surface area (Å²) in [5, 5.41) is 10.4. The number of nitrogens with one attached hydrogen (secondary N) is 1. The summed E-state index contributed by atoms with van der Waals surface area (Å²) < 4.78 is 67.0. The number of aromatic amines is 1. The largest absolute Gasteiger partial charge is 0.490 e. The fourth-order valence-electron chi connectivity index (χ4n) is 2.96. The van der Waals surface area contributed by atoms with E-state index in [0.717, 1.165) is 13.0 Å². The van der Waals surface area contributed by atoms with Gasteiger partial charge in [-0.1, -0.05) is 5.92 Å². The Morgan fingerprint density at radius 1 is 1.24 bits per heavy atom. The fraction of sp³-hybridized carbons (Fsp3) is 0.538. The second-order valence-corrected chi connectivity index (χ2v) is 11.0. The number of nitrogens with zero attached hydrogens (tertiary/aromatic N) is 1. The van der Waals surface area contributed by atoms with E-state index in [-0.39, 0.29) is 5.69 Å². The topological polar surface area (TPSA) is 244 Å². The lowest BCUT2D eigenvalue weighted by Gasteiger charge is -2.25. The van der Waals surface area contributed by atoms with Crippen LogP contribution in [0.1, 0.15) is 18.8 Å². The van der Waals surface area contributed by atoms with Gasteiger partial charge in [0.1, 0.15) is 12.2 Å². The molecule has 2 rings (SSSR count). The zero-order chi connectivity index (χ0) is 25.6. The Morgan fingerprint density at radius 2 is 1.82 bits per heavy atom. The summed E-state index contributed by atoms with van der Waals surface area (Å²) in [5.41, 5.74) is -5.24. The zero-order valence-corrected chi connectivity index (χ0v) is 19.2. The van der Waals surface area contributed by atoms with E-state index in [0.29, 0.717) is 4.57 Å². The molecule has 0 saturated carbocycles. The number of hydrogen-bond donors (Lipinski definition) is 6. The fourth-order valence-corrected chi connectivity index (χ4v) is 6.16. The Hall–Kier alpha value is -1.50. The number of aryl methyl sites for hydroxylation is 1. The van der Waals surface area contributed by atoms with Gasteiger partial charge in [0, 0.05) is 11.8 Å². The molecule has 6 N–H and O–H groups in total. The molecule has 186 valence electrons. The van der Waals surface area contributed by atoms with Crippen molar-refractivity contribution in [1.82, 2.24) is 9.55 Å². The first-order valence-electron chi connectivity index (χ1n) is 8.47. The lowest BCUT2D eigenvalue weighted by Crippen LogP contribution is -2.46. The maximum absolute atomic E-state index is 15.5. The molecule has 0 bridgehead atoms. The molecular formula is C13H18FN2O14P3. The van der Waals surface area contributed by atoms with Crippen LogP contribution in [0.15, 0.2) is 15.7 Å². The van der Waals surface area contributed by atoms with Crippen molar-refractivity contribution in [2.24, 2.45) is 0 Å². The molecular weight excluding hydrogens is 520 g/mol. The van der Waals surface area contributed by atoms with Crippen LogP contribution in [0, 0.1) is 19.3 Å². The molecule has 3 unspecified atom stereocenters. The normalized spacial score (nSPS) is 30.2. The summed E-state index contributed by atoms with van der Waals surface area (Å²) >= 11 is 0. The molecule has 2 heterocycles. The van der Waals surface area contributed by atoms with Crippen molar-refractivity contribution in [3.8, 4) is 12.3 Å². The number of aliphatic hydroxyl groups excluding tert-OH is 1. The molecule has 0 radical (unpaired) electrons. The van der Waals surface area contributed by atoms with Crippen LogP contribution in [-0.2, 0) is 31.6 Å². The van der Waals surface area contributed by atoms with Crippen molar-refractivity contribution in [1.29, 1.82) is 0 Å². The molecule has 0 aliphatic carbocycles. The van der Waals surface area contributed by atoms with E-state index < -0.39 is 64.9 Å². The third-order valence-corrected chi connectivity index (χ3v) is 8.12. The molecule has 20 heteroatoms. The van der Waals surface area contributed by atoms with Crippen molar-refractivity contribution in [3.05, 3.63) is 32.6 Å². The highest BCUT2D eigenvalue weighted by atomic mass is 31.3. The highest BCUT2D eigenvalue weighted by Gasteiger charge is 2.60. The number of phosphoric acid groups is 3. The van der Waals surface area contributed by atoms with Crippen LogP contribution >= 0.6 is 23.5 Å². The molecule has 0 aromatic carbocycles. The van der Waals surface area contributed by atoms with Gasteiger partial charge in [-0.05, 0) is 13.8 Å². The molecule has 16 nitrogen and oxygen atoms in total. The van der Waals surface area contributed by atoms with E-state index in [4.69, 9.17) is 20.9 Å². The van der Waals surface area contributed by atoms with Gasteiger partial charge in [-0.15, -0.1) is 6.42 Å². The van der Waals surface area contributed by atoms with E-state index in [2.05, 4.69) is 13.1 Å². The predicted molar refractivity (Wildman–Crippen MR) is 103 cm³/mol. The molecule has 0 amide bonds. The van der Waals surface area contributed by atoms with E-state index in [1.165, 1.54) is 6.92 Å². The van der Waals surface area contributed by atoms with E-state index in [1.807, 2.05) is 4.98 Å². The van der Waals surface area contributed by atoms with Gasteiger partial charge in [0.2, 0.25) is 5.67 Å². The maximum Gasteiger partial charge on any atom is 0.490 e. The number of rotatable bonds is 8. The first-order valence-corrected chi connectivity index (χ1v) is 13.0. The van der Waals surface area contributed by atoms with Gasteiger partial charge in [-0.25, -0.2) is 22.9 Å². The number of ether oxygens (including phenoxy) is 1. The molecule has 1 aromatic rings. The Bertz CT molecular complexity index is 1220. The van der Waals surface area contributed by atoms with Crippen molar-refractivity contribution in [2.45, 2.75) is 44.1 Å². The Labute approximate surface area is 183 Å². The quantitative estimate of drug-likeness (QED) is 0.175. The van der Waals surface area contributed by atoms with Gasteiger partial charge in [0.15, 0.2) is 6.23 Å². The molecule has 1 aliphatic rings. The van der Waals surface area contributed by atoms with Crippen LogP contribution in [0.25, 0.3) is 0 Å². The van der Waals surface area contributed by atoms with E-state index in [9.17, 15) is 38.2 Å². The van der Waals surface area contributed by atoms with Crippen molar-refractivity contribution >= 4 is 23.5 Å². The van der Waals surface area contributed by atoms with Crippen molar-refractivity contribution in [2.75, 3.05) is 0 Å². The number of hydrogen-bond acceptors (Lipinski definition) is 10. The van der Waals surface area contributed by atoms with Gasteiger partial charge >= 0.3 is 29.2 Å². The molecule has 1 fully saturated rings. The summed E-state index contributed by atoms with van der Waals surface area (Å²) in [7, 11) is -17.1. The summed E-state index contributed by atoms with van der Waals surface area (Å²) in [5.74, 6) is 1.62. The van der Waals surface area contributed by atoms with Crippen LogP contribution in [0.4, 0.5) is 4.39 Å². The van der Waals surface area contributed by atoms with Crippen LogP contribution in [0.2, 0.25) is 0 Å². The maximum atomic E-state index is 15.5. The first kappa shape index (κ1) is 27.7. The minimum absolute atomic E-state index is 0.126. The lowest BCUT2D eigenvalue weighted by molar-refractivity contribution is -0.0787. The second-order valence-electron chi connectivity index (χ2n) is 6.66. The third-order valence-electron chi connectivity index (χ3n) is 4.19. The van der Waals surface area contributed by atoms with Crippen LogP contribution < -0.4 is 11.2 Å². The van der Waals surface area contributed by atoms with Crippen molar-refractivity contribution in [3.63, 3.8) is 0 Å². The van der Waals surface area contributed by atoms with Crippen LogP contribution in [0.3, 0.4) is 0 Å². The molecule has 1 saturated heterocycles. The lowest BCUT2D eigenvalue weighted by atomic mass is 9.95. The van der Waals surface area contributed by atoms with E-state index >= 15 is 4.39 Å². The van der Waals surface area contributed by atoms with Crippen LogP contribution in [0.5, 0.6) is 0 Å². The Balaban J connectivity index is 2.33. The minimum atomic E-state index is -5.84. The number of alkyl halides is 1. The average Bonchev–Trinajstić information content (AvgIpc) is 2.83. The summed E-state index contributed by atoms with van der Waals surface area (Å²) in [6, 6.07) is 0.900. The van der Waals surface area contributed by atoms with Gasteiger partial charge < -0.3 is 29.4 Å². The Morgan fingerprint density at radius 3 is 2.30 bits per heavy atom. The molecule has 1 aliphatic heterocycles. The minimum Gasteiger partial charge on any atom is -0.386 e. The molecule has 0 spiro atoms. The third kappa shape index (κ3) is 6.34. The summed E-state index contributed by atoms with van der Waals surface area (Å²) in [6.07, 6.45) is -2.96. The SMILES string of the molecule is C#CC1(F)[C@@H](O)[C@@H]([C@@H](C)OP(=O)(O)OP(=O)(O)OP(=O)(O)O)O[C@H]1n1c(C)cc(=O)[nH]c1=O. The van der Waals surface area contributed by atoms with Crippen molar-refractivity contribution < 1.29 is 60.6 Å². The predicted octanol–water partition coefficient (Wildman–Crippen LogP) is -0.823. The van der Waals surface area contributed by atoms with Crippen LogP contribution in [-0.4, -0.2) is 58.2 Å². The number of aliphatic hydroxyl groups is 1. The monoisotopic (exact) mass is 538 g/mol. The standard InChI is InChI=1S/C13H18FN2O14P3/c1-4-13(14)10(18)9(27-11(13)16-6(2)5-8(17)15-12(16)19)7(3)28-32(23,24)30-33(25,26)29-31(20,21)22/h1,5,7,9-11,18H,2-3H3,(H,23,24)(H,25,26)(H,15,17,19)(H2,20,21,22)/t7-,9-,10+,11-,13?/m1/s1. The highest BCUT2D eigenvalue weighted by molar-refractivity contribution is 7.66. The molecule has 1 aromatic heterocycles. The molecule has 7 atom stereocenters. The summed E-state index contributed by atoms with van der Waals surface area (Å²) in [6.45, 7) is 2.14. The van der Waals surface area contributed by atoms with E-state index in [1.54, 1.807) is 5.92 Å². The highest BCUT2D eigenvalue weighted by Crippen LogP contribution is 2.66. The summed E-state index contributed by atoms with van der Waals surface area (Å²) in [4.78, 5) is 61.3. The number of phosphoric ester groups is 1. The first-order chi connectivity index (χ1) is 14.8. The average molecular weight is 538 g/mol. The second kappa shape index (κ2) is 9.27. The number of aromatic nitrogens is 2.